The normalized spacial score (nSPS) is 30.8. The zero-order valence-corrected chi connectivity index (χ0v) is 24.0. The highest BCUT2D eigenvalue weighted by Crippen LogP contribution is 2.64. The summed E-state index contributed by atoms with van der Waals surface area (Å²) in [7, 11) is 0. The molecule has 5 aliphatic rings. The minimum atomic E-state index is -0.675. The highest BCUT2D eigenvalue weighted by molar-refractivity contribution is 6.42. The number of nitrogens with zero attached hydrogens (tertiary/aromatic N) is 1. The van der Waals surface area contributed by atoms with Gasteiger partial charge in [-0.25, -0.2) is 0 Å². The topological polar surface area (TPSA) is 99.1 Å². The van der Waals surface area contributed by atoms with Gasteiger partial charge in [0.1, 0.15) is 12.7 Å². The molecule has 2 aromatic rings. The van der Waals surface area contributed by atoms with Crippen molar-refractivity contribution in [3.63, 3.8) is 0 Å². The molecule has 1 spiro atoms. The maximum absolute atomic E-state index is 13.6. The summed E-state index contributed by atoms with van der Waals surface area (Å²) >= 11 is 12.3. The van der Waals surface area contributed by atoms with E-state index >= 15 is 0 Å². The van der Waals surface area contributed by atoms with Gasteiger partial charge in [-0.15, -0.1) is 0 Å². The summed E-state index contributed by atoms with van der Waals surface area (Å²) in [6, 6.07) is 7.13. The van der Waals surface area contributed by atoms with E-state index < -0.39 is 18.3 Å². The Morgan fingerprint density at radius 1 is 1.18 bits per heavy atom. The van der Waals surface area contributed by atoms with Gasteiger partial charge in [-0.2, -0.15) is 0 Å². The lowest BCUT2D eigenvalue weighted by Gasteiger charge is -2.59. The van der Waals surface area contributed by atoms with E-state index in [0.29, 0.717) is 27.8 Å². The number of phenolic OH excluding ortho intramolecular Hbond substituents is 1. The predicted octanol–water partition coefficient (Wildman–Crippen LogP) is 4.61. The molecule has 3 N–H and O–H groups in total. The maximum atomic E-state index is 13.6. The van der Waals surface area contributed by atoms with E-state index in [9.17, 15) is 19.8 Å². The predicted molar refractivity (Wildman–Crippen MR) is 152 cm³/mol. The average molecular weight is 586 g/mol. The van der Waals surface area contributed by atoms with Crippen molar-refractivity contribution in [3.05, 3.63) is 56.6 Å². The van der Waals surface area contributed by atoms with Gasteiger partial charge >= 0.3 is 0 Å². The first kappa shape index (κ1) is 26.6. The second-order valence-electron chi connectivity index (χ2n) is 12.5. The van der Waals surface area contributed by atoms with Crippen molar-refractivity contribution in [2.24, 2.45) is 11.8 Å². The van der Waals surface area contributed by atoms with Crippen molar-refractivity contribution < 1.29 is 24.5 Å². The summed E-state index contributed by atoms with van der Waals surface area (Å²) < 4.78 is 6.65. The Kier molecular flexibility index (Phi) is 6.39. The van der Waals surface area contributed by atoms with Gasteiger partial charge in [-0.05, 0) is 93.2 Å². The standard InChI is InChI=1S/C31H34Cl2N2O5/c1-15(17-4-6-21(32)22(33)11-17)30(39)34-23-7-5-20-24-12-18-10-19(25(37)14-36)27(38)28-26(18)31(20,29(23)40-28)8-9-35(24)13-16-2-3-16/h4,6,10-11,15-16,20,23-24,29,36,38H,2-3,5,7-9,12-14H2,1H3,(H,34,39)/t15?,20-,23?,24+,29?,31-/m0/s1. The van der Waals surface area contributed by atoms with Crippen molar-refractivity contribution in [1.82, 2.24) is 10.2 Å². The Labute approximate surface area is 243 Å². The lowest BCUT2D eigenvalue weighted by atomic mass is 9.51. The van der Waals surface area contributed by atoms with Crippen LogP contribution in [-0.2, 0) is 16.6 Å². The number of halogens is 2. The zero-order valence-electron chi connectivity index (χ0n) is 22.5. The summed E-state index contributed by atoms with van der Waals surface area (Å²) in [6.07, 6.45) is 5.65. The molecule has 3 aliphatic carbocycles. The van der Waals surface area contributed by atoms with E-state index in [4.69, 9.17) is 27.9 Å². The Bertz CT molecular complexity index is 1410. The summed E-state index contributed by atoms with van der Waals surface area (Å²) in [4.78, 5) is 28.8. The van der Waals surface area contributed by atoms with Crippen LogP contribution in [0.1, 0.15) is 72.0 Å². The molecule has 2 heterocycles. The molecule has 3 unspecified atom stereocenters. The van der Waals surface area contributed by atoms with Crippen LogP contribution < -0.4 is 10.1 Å². The molecule has 2 saturated carbocycles. The first-order chi connectivity index (χ1) is 19.2. The summed E-state index contributed by atoms with van der Waals surface area (Å²) in [5.41, 5.74) is 2.62. The van der Waals surface area contributed by atoms with E-state index in [0.717, 1.165) is 61.4 Å². The van der Waals surface area contributed by atoms with Crippen LogP contribution in [-0.4, -0.2) is 64.7 Å². The van der Waals surface area contributed by atoms with Crippen LogP contribution >= 0.6 is 23.2 Å². The number of benzene rings is 2. The van der Waals surface area contributed by atoms with Crippen LogP contribution in [0.25, 0.3) is 0 Å². The number of Topliss-reactive ketones (excluding diaryl/α,β-unsaturated/α-hetero) is 1. The molecule has 2 aliphatic heterocycles. The molecule has 2 bridgehead atoms. The number of nitrogens with one attached hydrogen (secondary N) is 1. The highest BCUT2D eigenvalue weighted by Gasteiger charge is 2.66. The maximum Gasteiger partial charge on any atom is 0.227 e. The molecular formula is C31H34Cl2N2O5. The van der Waals surface area contributed by atoms with Crippen LogP contribution in [0.3, 0.4) is 0 Å². The summed E-state index contributed by atoms with van der Waals surface area (Å²) in [6.45, 7) is 3.24. The zero-order chi connectivity index (χ0) is 27.9. The molecule has 0 radical (unpaired) electrons. The molecule has 1 amide bonds. The molecule has 9 heteroatoms. The third kappa shape index (κ3) is 3.92. The van der Waals surface area contributed by atoms with E-state index in [-0.39, 0.29) is 34.8 Å². The van der Waals surface area contributed by atoms with Crippen LogP contribution in [0, 0.1) is 11.8 Å². The van der Waals surface area contributed by atoms with Crippen molar-refractivity contribution in [1.29, 1.82) is 0 Å². The number of ketones is 1. The Morgan fingerprint density at radius 2 is 1.98 bits per heavy atom. The Hall–Kier alpha value is -2.32. The summed E-state index contributed by atoms with van der Waals surface area (Å²) in [5, 5.41) is 25.0. The number of likely N-dealkylation sites (tertiary alicyclic amines) is 1. The van der Waals surface area contributed by atoms with Crippen LogP contribution in [0.4, 0.5) is 0 Å². The third-order valence-electron chi connectivity index (χ3n) is 10.3. The number of carbonyl (C=O) groups is 2. The monoisotopic (exact) mass is 584 g/mol. The molecule has 2 aromatic carbocycles. The smallest absolute Gasteiger partial charge is 0.227 e. The Balaban J connectivity index is 1.25. The average Bonchev–Trinajstić information content (AvgIpc) is 3.70. The SMILES string of the molecule is CC(C(=O)NC1CC[C@H]2[C@H]3Cc4cc(C(=O)CO)c(O)c5c4[C@@]2(CCN3CC2CC2)C1O5)c1ccc(Cl)c(Cl)c1. The van der Waals surface area contributed by atoms with Gasteiger partial charge in [-0.3, -0.25) is 14.5 Å². The number of aliphatic hydroxyl groups is 1. The minimum absolute atomic E-state index is 0.114. The number of ether oxygens (including phenoxy) is 1. The molecule has 3 fully saturated rings. The van der Waals surface area contributed by atoms with E-state index in [1.54, 1.807) is 18.2 Å². The molecule has 6 atom stereocenters. The van der Waals surface area contributed by atoms with Gasteiger partial charge in [0.15, 0.2) is 17.3 Å². The second-order valence-corrected chi connectivity index (χ2v) is 13.3. The fourth-order valence-corrected chi connectivity index (χ4v) is 8.55. The highest BCUT2D eigenvalue weighted by atomic mass is 35.5. The first-order valence-corrected chi connectivity index (χ1v) is 15.2. The van der Waals surface area contributed by atoms with E-state index in [2.05, 4.69) is 10.2 Å². The molecule has 40 heavy (non-hydrogen) atoms. The van der Waals surface area contributed by atoms with E-state index in [1.807, 2.05) is 13.0 Å². The number of piperidine rings is 1. The van der Waals surface area contributed by atoms with Gasteiger partial charge in [-0.1, -0.05) is 29.3 Å². The van der Waals surface area contributed by atoms with Gasteiger partial charge in [0.05, 0.1) is 27.6 Å². The fourth-order valence-electron chi connectivity index (χ4n) is 8.25. The van der Waals surface area contributed by atoms with Crippen LogP contribution in [0.15, 0.2) is 24.3 Å². The number of hydrogen-bond donors (Lipinski definition) is 3. The summed E-state index contributed by atoms with van der Waals surface area (Å²) in [5.74, 6) is 0.230. The number of carbonyl (C=O) groups excluding carboxylic acids is 2. The quantitative estimate of drug-likeness (QED) is 0.411. The van der Waals surface area contributed by atoms with Crippen molar-refractivity contribution in [2.45, 2.75) is 75.0 Å². The largest absolute Gasteiger partial charge is 0.504 e. The number of aliphatic hydroxyl groups excluding tert-OH is 1. The van der Waals surface area contributed by atoms with Gasteiger partial charge in [0.2, 0.25) is 5.91 Å². The molecule has 7 rings (SSSR count). The molecule has 0 aromatic heterocycles. The van der Waals surface area contributed by atoms with Crippen molar-refractivity contribution in [3.8, 4) is 11.5 Å². The third-order valence-corrected chi connectivity index (χ3v) is 11.1. The lowest BCUT2D eigenvalue weighted by molar-refractivity contribution is -0.126. The number of rotatable bonds is 7. The van der Waals surface area contributed by atoms with Gasteiger partial charge < -0.3 is 20.3 Å². The van der Waals surface area contributed by atoms with Gasteiger partial charge in [0.25, 0.3) is 0 Å². The molecule has 7 nitrogen and oxygen atoms in total. The molecule has 212 valence electrons. The number of phenols is 1. The molecular weight excluding hydrogens is 551 g/mol. The fraction of sp³-hybridized carbons (Fsp3) is 0.548. The van der Waals surface area contributed by atoms with Gasteiger partial charge in [0, 0.05) is 23.6 Å². The van der Waals surface area contributed by atoms with E-state index in [1.165, 1.54) is 12.8 Å². The number of aromatic hydroxyl groups is 1. The van der Waals surface area contributed by atoms with Crippen LogP contribution in [0.2, 0.25) is 10.0 Å². The number of amides is 1. The number of hydrogen-bond acceptors (Lipinski definition) is 6. The molecule has 1 saturated heterocycles. The lowest BCUT2D eigenvalue weighted by Crippen LogP contribution is -2.69. The van der Waals surface area contributed by atoms with Crippen molar-refractivity contribution in [2.75, 3.05) is 19.7 Å². The minimum Gasteiger partial charge on any atom is -0.504 e. The second kappa shape index (κ2) is 9.62. The van der Waals surface area contributed by atoms with Crippen molar-refractivity contribution >= 4 is 34.9 Å². The first-order valence-electron chi connectivity index (χ1n) is 14.4. The van der Waals surface area contributed by atoms with Crippen LogP contribution in [0.5, 0.6) is 11.5 Å². The Morgan fingerprint density at radius 3 is 2.70 bits per heavy atom.